The molecule has 0 radical (unpaired) electrons. The fraction of sp³-hybridized carbons (Fsp3) is 0.667. The summed E-state index contributed by atoms with van der Waals surface area (Å²) in [5.41, 5.74) is 0.416. The van der Waals surface area contributed by atoms with Crippen molar-refractivity contribution in [3.05, 3.63) is 17.3 Å². The third-order valence-corrected chi connectivity index (χ3v) is 3.59. The molecule has 16 heavy (non-hydrogen) atoms. The molecule has 3 nitrogen and oxygen atoms in total. The highest BCUT2D eigenvalue weighted by molar-refractivity contribution is 6.29. The Morgan fingerprint density at radius 3 is 2.62 bits per heavy atom. The lowest BCUT2D eigenvalue weighted by molar-refractivity contribution is 0.233. The van der Waals surface area contributed by atoms with Crippen LogP contribution in [0.15, 0.2) is 12.1 Å². The average molecular weight is 240 g/mol. The van der Waals surface area contributed by atoms with E-state index in [2.05, 4.69) is 22.4 Å². The Bertz CT molecular complexity index is 331. The lowest BCUT2D eigenvalue weighted by atomic mass is 9.76. The number of nitrogens with zero attached hydrogens (tertiary/aromatic N) is 2. The summed E-state index contributed by atoms with van der Waals surface area (Å²) in [6.07, 6.45) is 6.70. The molecule has 4 heteroatoms. The molecule has 0 atom stereocenters. The van der Waals surface area contributed by atoms with Gasteiger partial charge in [0.05, 0.1) is 0 Å². The molecule has 1 N–H and O–H groups in total. The fourth-order valence-corrected chi connectivity index (χ4v) is 2.40. The molecule has 2 rings (SSSR count). The van der Waals surface area contributed by atoms with Gasteiger partial charge < -0.3 is 5.32 Å². The van der Waals surface area contributed by atoms with Crippen LogP contribution in [-0.4, -0.2) is 16.7 Å². The molecule has 1 aliphatic rings. The van der Waals surface area contributed by atoms with Gasteiger partial charge >= 0.3 is 0 Å². The Labute approximate surface area is 102 Å². The molecular weight excluding hydrogens is 222 g/mol. The predicted octanol–water partition coefficient (Wildman–Crippen LogP) is 3.51. The van der Waals surface area contributed by atoms with Crippen LogP contribution in [0.2, 0.25) is 5.15 Å². The van der Waals surface area contributed by atoms with Crippen molar-refractivity contribution in [1.82, 2.24) is 10.2 Å². The molecule has 0 unspecified atom stereocenters. The first-order chi connectivity index (χ1) is 7.68. The Balaban J connectivity index is 1.88. The summed E-state index contributed by atoms with van der Waals surface area (Å²) in [7, 11) is 0. The maximum absolute atomic E-state index is 5.69. The average Bonchev–Trinajstić information content (AvgIpc) is 2.29. The van der Waals surface area contributed by atoms with Gasteiger partial charge in [0, 0.05) is 6.54 Å². The van der Waals surface area contributed by atoms with Crippen LogP contribution in [0, 0.1) is 5.41 Å². The first kappa shape index (κ1) is 11.6. The summed E-state index contributed by atoms with van der Waals surface area (Å²) in [6.45, 7) is 3.33. The Morgan fingerprint density at radius 2 is 2.00 bits per heavy atom. The van der Waals surface area contributed by atoms with E-state index in [1.165, 1.54) is 32.1 Å². The first-order valence-electron chi connectivity index (χ1n) is 5.91. The molecular formula is C12H18ClN3. The van der Waals surface area contributed by atoms with Crippen LogP contribution in [0.1, 0.15) is 39.0 Å². The van der Waals surface area contributed by atoms with Crippen molar-refractivity contribution in [2.45, 2.75) is 39.0 Å². The molecule has 1 aromatic rings. The van der Waals surface area contributed by atoms with Crippen molar-refractivity contribution in [2.75, 3.05) is 11.9 Å². The maximum Gasteiger partial charge on any atom is 0.151 e. The molecule has 88 valence electrons. The second kappa shape index (κ2) is 5.00. The number of halogens is 1. The lowest BCUT2D eigenvalue weighted by Crippen LogP contribution is -2.29. The molecule has 1 fully saturated rings. The SMILES string of the molecule is CC1(CNc2ccc(Cl)nn2)CCCCC1. The predicted molar refractivity (Wildman–Crippen MR) is 66.7 cm³/mol. The first-order valence-corrected chi connectivity index (χ1v) is 6.29. The minimum Gasteiger partial charge on any atom is -0.368 e. The summed E-state index contributed by atoms with van der Waals surface area (Å²) in [4.78, 5) is 0. The molecule has 0 bridgehead atoms. The third kappa shape index (κ3) is 3.08. The molecule has 1 aromatic heterocycles. The Hall–Kier alpha value is -0.830. The highest BCUT2D eigenvalue weighted by Crippen LogP contribution is 2.35. The zero-order chi connectivity index (χ0) is 11.4. The number of rotatable bonds is 3. The van der Waals surface area contributed by atoms with Crippen molar-refractivity contribution < 1.29 is 0 Å². The molecule has 0 amide bonds. The number of nitrogens with one attached hydrogen (secondary N) is 1. The van der Waals surface area contributed by atoms with Gasteiger partial charge in [-0.2, -0.15) is 0 Å². The standard InChI is InChI=1S/C12H18ClN3/c1-12(7-3-2-4-8-12)9-14-11-6-5-10(13)15-16-11/h5-6H,2-4,7-9H2,1H3,(H,14,16). The lowest BCUT2D eigenvalue weighted by Gasteiger charge is -2.33. The molecule has 1 saturated carbocycles. The van der Waals surface area contributed by atoms with E-state index in [0.717, 1.165) is 12.4 Å². The summed E-state index contributed by atoms with van der Waals surface area (Å²) in [5.74, 6) is 0.816. The maximum atomic E-state index is 5.69. The van der Waals surface area contributed by atoms with Crippen LogP contribution >= 0.6 is 11.6 Å². The highest BCUT2D eigenvalue weighted by atomic mass is 35.5. The van der Waals surface area contributed by atoms with E-state index in [-0.39, 0.29) is 0 Å². The molecule has 1 heterocycles. The van der Waals surface area contributed by atoms with Gasteiger partial charge in [0.25, 0.3) is 0 Å². The summed E-state index contributed by atoms with van der Waals surface area (Å²) < 4.78 is 0. The Morgan fingerprint density at radius 1 is 1.25 bits per heavy atom. The fourth-order valence-electron chi connectivity index (χ4n) is 2.30. The van der Waals surface area contributed by atoms with Crippen molar-refractivity contribution in [1.29, 1.82) is 0 Å². The van der Waals surface area contributed by atoms with Gasteiger partial charge in [-0.1, -0.05) is 37.8 Å². The third-order valence-electron chi connectivity index (χ3n) is 3.39. The summed E-state index contributed by atoms with van der Waals surface area (Å²) in [6, 6.07) is 3.64. The van der Waals surface area contributed by atoms with Crippen LogP contribution in [0.5, 0.6) is 0 Å². The second-order valence-corrected chi connectivity index (χ2v) is 5.35. The molecule has 0 spiro atoms. The van der Waals surface area contributed by atoms with E-state index in [1.54, 1.807) is 6.07 Å². The smallest absolute Gasteiger partial charge is 0.151 e. The number of anilines is 1. The van der Waals surface area contributed by atoms with Crippen molar-refractivity contribution in [3.8, 4) is 0 Å². The number of aromatic nitrogens is 2. The van der Waals surface area contributed by atoms with Gasteiger partial charge in [-0.25, -0.2) is 0 Å². The van der Waals surface area contributed by atoms with Gasteiger partial charge in [-0.15, -0.1) is 10.2 Å². The normalized spacial score (nSPS) is 19.4. The quantitative estimate of drug-likeness (QED) is 0.877. The zero-order valence-electron chi connectivity index (χ0n) is 9.67. The van der Waals surface area contributed by atoms with Crippen LogP contribution in [-0.2, 0) is 0 Å². The highest BCUT2D eigenvalue weighted by Gasteiger charge is 2.26. The van der Waals surface area contributed by atoms with E-state index in [1.807, 2.05) is 6.07 Å². The topological polar surface area (TPSA) is 37.8 Å². The Kier molecular flexibility index (Phi) is 3.64. The zero-order valence-corrected chi connectivity index (χ0v) is 10.4. The monoisotopic (exact) mass is 239 g/mol. The van der Waals surface area contributed by atoms with Crippen LogP contribution in [0.25, 0.3) is 0 Å². The summed E-state index contributed by atoms with van der Waals surface area (Å²) >= 11 is 5.69. The van der Waals surface area contributed by atoms with E-state index in [0.29, 0.717) is 10.6 Å². The minimum atomic E-state index is 0.416. The number of hydrogen-bond donors (Lipinski definition) is 1. The minimum absolute atomic E-state index is 0.416. The largest absolute Gasteiger partial charge is 0.368 e. The van der Waals surface area contributed by atoms with Crippen molar-refractivity contribution in [2.24, 2.45) is 5.41 Å². The molecule has 0 aliphatic heterocycles. The number of hydrogen-bond acceptors (Lipinski definition) is 3. The van der Waals surface area contributed by atoms with Crippen LogP contribution in [0.4, 0.5) is 5.82 Å². The van der Waals surface area contributed by atoms with Gasteiger partial charge in [0.2, 0.25) is 0 Å². The van der Waals surface area contributed by atoms with E-state index in [4.69, 9.17) is 11.6 Å². The van der Waals surface area contributed by atoms with Gasteiger partial charge in [0.1, 0.15) is 5.82 Å². The van der Waals surface area contributed by atoms with Gasteiger partial charge in [-0.05, 0) is 30.4 Å². The van der Waals surface area contributed by atoms with Crippen LogP contribution < -0.4 is 5.32 Å². The summed E-state index contributed by atoms with van der Waals surface area (Å²) in [5, 5.41) is 11.6. The van der Waals surface area contributed by atoms with E-state index < -0.39 is 0 Å². The van der Waals surface area contributed by atoms with Crippen molar-refractivity contribution in [3.63, 3.8) is 0 Å². The molecule has 0 aromatic carbocycles. The van der Waals surface area contributed by atoms with E-state index >= 15 is 0 Å². The van der Waals surface area contributed by atoms with Crippen molar-refractivity contribution >= 4 is 17.4 Å². The van der Waals surface area contributed by atoms with E-state index in [9.17, 15) is 0 Å². The second-order valence-electron chi connectivity index (χ2n) is 4.97. The molecule has 0 saturated heterocycles. The van der Waals surface area contributed by atoms with Gasteiger partial charge in [-0.3, -0.25) is 0 Å². The van der Waals surface area contributed by atoms with Gasteiger partial charge in [0.15, 0.2) is 5.15 Å². The molecule has 1 aliphatic carbocycles. The van der Waals surface area contributed by atoms with Crippen LogP contribution in [0.3, 0.4) is 0 Å².